The zero-order chi connectivity index (χ0) is 18.7. The second-order valence-electron chi connectivity index (χ2n) is 5.30. The molecule has 2 aromatic heterocycles. The number of carbonyl (C=O) groups is 2. The zero-order valence-corrected chi connectivity index (χ0v) is 14.2. The summed E-state index contributed by atoms with van der Waals surface area (Å²) >= 11 is 1.30. The van der Waals surface area contributed by atoms with Crippen LogP contribution in [0.5, 0.6) is 5.88 Å². The number of nitrogens with zero attached hydrogens (tertiary/aromatic N) is 1. The summed E-state index contributed by atoms with van der Waals surface area (Å²) in [4.78, 5) is 27.3. The number of amidine groups is 1. The maximum Gasteiger partial charge on any atom is 0.341 e. The molecule has 3 aromatic rings. The van der Waals surface area contributed by atoms with Crippen molar-refractivity contribution in [1.82, 2.24) is 4.98 Å². The van der Waals surface area contributed by atoms with Crippen LogP contribution in [-0.4, -0.2) is 34.4 Å². The molecule has 1 aromatic carbocycles. The van der Waals surface area contributed by atoms with E-state index in [2.05, 4.69) is 10.3 Å². The molecule has 8 nitrogen and oxygen atoms in total. The Morgan fingerprint density at radius 1 is 1.27 bits per heavy atom. The summed E-state index contributed by atoms with van der Waals surface area (Å²) < 4.78 is 5.79. The van der Waals surface area contributed by atoms with Gasteiger partial charge < -0.3 is 20.9 Å². The predicted octanol–water partition coefficient (Wildman–Crippen LogP) is 2.30. The molecule has 2 heterocycles. The summed E-state index contributed by atoms with van der Waals surface area (Å²) in [5.41, 5.74) is 6.54. The van der Waals surface area contributed by atoms with Crippen molar-refractivity contribution >= 4 is 44.8 Å². The van der Waals surface area contributed by atoms with Gasteiger partial charge in [-0.05, 0) is 23.6 Å². The lowest BCUT2D eigenvalue weighted by molar-refractivity contribution is -0.139. The third-order valence-electron chi connectivity index (χ3n) is 3.39. The van der Waals surface area contributed by atoms with Crippen LogP contribution in [-0.2, 0) is 4.79 Å². The van der Waals surface area contributed by atoms with Crippen molar-refractivity contribution in [2.75, 3.05) is 11.9 Å². The topological polar surface area (TPSA) is 138 Å². The molecule has 0 spiro atoms. The maximum absolute atomic E-state index is 12.4. The molecule has 0 saturated heterocycles. The maximum atomic E-state index is 12.4. The van der Waals surface area contributed by atoms with Gasteiger partial charge in [-0.25, -0.2) is 9.78 Å². The Morgan fingerprint density at radius 2 is 2.08 bits per heavy atom. The summed E-state index contributed by atoms with van der Waals surface area (Å²) in [7, 11) is 0. The van der Waals surface area contributed by atoms with Gasteiger partial charge in [0.15, 0.2) is 6.61 Å². The number of fused-ring (bicyclic) bond motifs is 1. The summed E-state index contributed by atoms with van der Waals surface area (Å²) in [6.45, 7) is -0.483. The average molecular weight is 370 g/mol. The highest BCUT2D eigenvalue weighted by molar-refractivity contribution is 7.20. The van der Waals surface area contributed by atoms with Gasteiger partial charge in [0.25, 0.3) is 5.91 Å². The summed E-state index contributed by atoms with van der Waals surface area (Å²) in [6, 6.07) is 10.1. The molecule has 5 N–H and O–H groups in total. The molecule has 9 heteroatoms. The molecule has 0 aliphatic heterocycles. The van der Waals surface area contributed by atoms with Crippen LogP contribution in [0.25, 0.3) is 10.1 Å². The first-order chi connectivity index (χ1) is 12.4. The van der Waals surface area contributed by atoms with Crippen molar-refractivity contribution < 1.29 is 19.4 Å². The standard InChI is InChI=1S/C17H14N4O4S/c18-16(19)10-2-1-9-5-13(26-12(9)6-10)17(24)21-11-3-4-14(20-7-11)25-8-15(22)23/h1-7H,8H2,(H3,18,19)(H,21,24)(H,22,23). The number of amides is 1. The normalized spacial score (nSPS) is 10.5. The van der Waals surface area contributed by atoms with Crippen molar-refractivity contribution in [2.24, 2.45) is 5.73 Å². The number of aliphatic carboxylic acids is 1. The number of hydrogen-bond donors (Lipinski definition) is 4. The van der Waals surface area contributed by atoms with Gasteiger partial charge in [0.2, 0.25) is 5.88 Å². The van der Waals surface area contributed by atoms with Crippen LogP contribution < -0.4 is 15.8 Å². The van der Waals surface area contributed by atoms with Gasteiger partial charge in [-0.3, -0.25) is 10.2 Å². The van der Waals surface area contributed by atoms with E-state index < -0.39 is 12.6 Å². The number of pyridine rings is 1. The highest BCUT2D eigenvalue weighted by Gasteiger charge is 2.12. The van der Waals surface area contributed by atoms with E-state index in [1.54, 1.807) is 24.3 Å². The molecule has 0 atom stereocenters. The highest BCUT2D eigenvalue weighted by Crippen LogP contribution is 2.27. The van der Waals surface area contributed by atoms with E-state index in [1.165, 1.54) is 23.6 Å². The summed E-state index contributed by atoms with van der Waals surface area (Å²) in [6.07, 6.45) is 1.39. The lowest BCUT2D eigenvalue weighted by Crippen LogP contribution is -2.12. The highest BCUT2D eigenvalue weighted by atomic mass is 32.1. The second-order valence-corrected chi connectivity index (χ2v) is 6.38. The Hall–Kier alpha value is -3.46. The van der Waals surface area contributed by atoms with Crippen LogP contribution in [0.3, 0.4) is 0 Å². The quantitative estimate of drug-likeness (QED) is 0.388. The van der Waals surface area contributed by atoms with E-state index in [0.29, 0.717) is 16.1 Å². The van der Waals surface area contributed by atoms with E-state index in [4.69, 9.17) is 21.0 Å². The molecular weight excluding hydrogens is 356 g/mol. The number of carboxylic acids is 1. The van der Waals surface area contributed by atoms with Crippen LogP contribution >= 0.6 is 11.3 Å². The molecule has 3 rings (SSSR count). The lowest BCUT2D eigenvalue weighted by Gasteiger charge is -2.05. The predicted molar refractivity (Wildman–Crippen MR) is 98.2 cm³/mol. The minimum Gasteiger partial charge on any atom is -0.479 e. The van der Waals surface area contributed by atoms with Crippen molar-refractivity contribution in [1.29, 1.82) is 5.41 Å². The van der Waals surface area contributed by atoms with Crippen molar-refractivity contribution in [2.45, 2.75) is 0 Å². The van der Waals surface area contributed by atoms with E-state index >= 15 is 0 Å². The fraction of sp³-hybridized carbons (Fsp3) is 0.0588. The number of rotatable bonds is 6. The number of nitrogen functional groups attached to an aromatic ring is 1. The number of benzene rings is 1. The lowest BCUT2D eigenvalue weighted by atomic mass is 10.1. The average Bonchev–Trinajstić information content (AvgIpc) is 3.04. The minimum atomic E-state index is -1.10. The molecule has 0 aliphatic carbocycles. The van der Waals surface area contributed by atoms with E-state index in [1.807, 2.05) is 6.07 Å². The number of carbonyl (C=O) groups excluding carboxylic acids is 1. The second kappa shape index (κ2) is 7.19. The zero-order valence-electron chi connectivity index (χ0n) is 13.4. The number of thiophene rings is 1. The van der Waals surface area contributed by atoms with Crippen molar-refractivity contribution in [3.63, 3.8) is 0 Å². The molecule has 26 heavy (non-hydrogen) atoms. The van der Waals surface area contributed by atoms with Gasteiger partial charge in [-0.2, -0.15) is 0 Å². The number of hydrogen-bond acceptors (Lipinski definition) is 6. The molecule has 0 bridgehead atoms. The molecule has 0 fully saturated rings. The Kier molecular flexibility index (Phi) is 4.81. The van der Waals surface area contributed by atoms with Gasteiger partial charge in [-0.1, -0.05) is 12.1 Å². The van der Waals surface area contributed by atoms with E-state index in [0.717, 1.165) is 10.1 Å². The van der Waals surface area contributed by atoms with Crippen LogP contribution in [0.4, 0.5) is 5.69 Å². The van der Waals surface area contributed by atoms with Gasteiger partial charge in [0.1, 0.15) is 5.84 Å². The summed E-state index contributed by atoms with van der Waals surface area (Å²) in [5, 5.41) is 19.6. The Morgan fingerprint density at radius 3 is 2.73 bits per heavy atom. The largest absolute Gasteiger partial charge is 0.479 e. The van der Waals surface area contributed by atoms with Crippen molar-refractivity contribution in [3.05, 3.63) is 53.0 Å². The molecule has 1 amide bonds. The molecule has 132 valence electrons. The van der Waals surface area contributed by atoms with Crippen LogP contribution in [0, 0.1) is 5.41 Å². The Bertz CT molecular complexity index is 998. The smallest absolute Gasteiger partial charge is 0.341 e. The molecule has 0 saturated carbocycles. The molecule has 0 unspecified atom stereocenters. The van der Waals surface area contributed by atoms with Gasteiger partial charge in [0.05, 0.1) is 16.8 Å². The van der Waals surface area contributed by atoms with Gasteiger partial charge in [-0.15, -0.1) is 11.3 Å². The van der Waals surface area contributed by atoms with Gasteiger partial charge >= 0.3 is 5.97 Å². The van der Waals surface area contributed by atoms with Crippen LogP contribution in [0.1, 0.15) is 15.2 Å². The van der Waals surface area contributed by atoms with E-state index in [9.17, 15) is 9.59 Å². The first-order valence-electron chi connectivity index (χ1n) is 7.42. The summed E-state index contributed by atoms with van der Waals surface area (Å²) in [5.74, 6) is -1.26. The number of nitrogens with two attached hydrogens (primary N) is 1. The van der Waals surface area contributed by atoms with E-state index in [-0.39, 0.29) is 17.6 Å². The van der Waals surface area contributed by atoms with Gasteiger partial charge in [0, 0.05) is 16.3 Å². The third kappa shape index (κ3) is 3.95. The number of ether oxygens (including phenoxy) is 1. The minimum absolute atomic E-state index is 0.0254. The SMILES string of the molecule is N=C(N)c1ccc2cc(C(=O)Nc3ccc(OCC(=O)O)nc3)sc2c1. The fourth-order valence-electron chi connectivity index (χ4n) is 2.18. The third-order valence-corrected chi connectivity index (χ3v) is 4.49. The molecular formula is C17H14N4O4S. The van der Waals surface area contributed by atoms with Crippen LogP contribution in [0.2, 0.25) is 0 Å². The first-order valence-corrected chi connectivity index (χ1v) is 8.24. The van der Waals surface area contributed by atoms with Crippen molar-refractivity contribution in [3.8, 4) is 5.88 Å². The monoisotopic (exact) mass is 370 g/mol. The number of anilines is 1. The fourth-order valence-corrected chi connectivity index (χ4v) is 3.18. The number of carboxylic acid groups (broad SMARTS) is 1. The molecule has 0 radical (unpaired) electrons. The Balaban J connectivity index is 1.72. The Labute approximate surface area is 151 Å². The molecule has 0 aliphatic rings. The first kappa shape index (κ1) is 17.4. The number of nitrogens with one attached hydrogen (secondary N) is 2. The van der Waals surface area contributed by atoms with Crippen LogP contribution in [0.15, 0.2) is 42.6 Å². The number of aromatic nitrogens is 1.